The standard InChI is InChI=1S/C30H25N5O2/c1-34(25-4-2-11-31-19-25)30(37)21-15-27-26(10-12-33-28(27)16-21)23-14-22(17-32-18-23)20-6-8-24(9-7-20)35-13-3-5-29(35)36/h2,4,6-12,14-15,17-19H,3,5,13,16H2,1H3. The molecule has 0 N–H and O–H groups in total. The molecular weight excluding hydrogens is 462 g/mol. The Bertz CT molecular complexity index is 1530. The number of carbonyl (C=O) groups is 2. The molecule has 0 radical (unpaired) electrons. The van der Waals surface area contributed by atoms with E-state index in [1.807, 2.05) is 65.8 Å². The lowest BCUT2D eigenvalue weighted by atomic mass is 9.98. The van der Waals surface area contributed by atoms with Crippen LogP contribution in [0.4, 0.5) is 11.4 Å². The lowest BCUT2D eigenvalue weighted by Gasteiger charge is -2.17. The predicted molar refractivity (Wildman–Crippen MR) is 144 cm³/mol. The fourth-order valence-corrected chi connectivity index (χ4v) is 5.00. The van der Waals surface area contributed by atoms with Crippen molar-refractivity contribution in [1.29, 1.82) is 0 Å². The second-order valence-electron chi connectivity index (χ2n) is 9.30. The van der Waals surface area contributed by atoms with Crippen molar-refractivity contribution in [2.24, 2.45) is 0 Å². The van der Waals surface area contributed by atoms with Gasteiger partial charge in [-0.2, -0.15) is 0 Å². The zero-order chi connectivity index (χ0) is 25.4. The highest BCUT2D eigenvalue weighted by atomic mass is 16.2. The summed E-state index contributed by atoms with van der Waals surface area (Å²) >= 11 is 0. The van der Waals surface area contributed by atoms with E-state index in [0.29, 0.717) is 18.4 Å². The molecule has 182 valence electrons. The number of hydrogen-bond donors (Lipinski definition) is 0. The maximum absolute atomic E-state index is 13.2. The van der Waals surface area contributed by atoms with Crippen LogP contribution in [0.15, 0.2) is 85.1 Å². The van der Waals surface area contributed by atoms with Crippen LogP contribution in [0.5, 0.6) is 0 Å². The van der Waals surface area contributed by atoms with Crippen LogP contribution in [0.2, 0.25) is 0 Å². The molecule has 4 aromatic rings. The average Bonchev–Trinajstić information content (AvgIpc) is 3.59. The summed E-state index contributed by atoms with van der Waals surface area (Å²) < 4.78 is 0. The second kappa shape index (κ2) is 9.43. The molecule has 0 saturated carbocycles. The van der Waals surface area contributed by atoms with E-state index >= 15 is 0 Å². The van der Waals surface area contributed by atoms with Gasteiger partial charge in [0.25, 0.3) is 5.91 Å². The van der Waals surface area contributed by atoms with Crippen molar-refractivity contribution in [3.63, 3.8) is 0 Å². The molecule has 7 heteroatoms. The van der Waals surface area contributed by atoms with Crippen molar-refractivity contribution >= 4 is 29.3 Å². The summed E-state index contributed by atoms with van der Waals surface area (Å²) in [6.45, 7) is 0.776. The second-order valence-corrected chi connectivity index (χ2v) is 9.30. The minimum atomic E-state index is -0.0691. The Hall–Kier alpha value is -4.65. The van der Waals surface area contributed by atoms with Crippen LogP contribution in [0.1, 0.15) is 24.1 Å². The maximum Gasteiger partial charge on any atom is 0.254 e. The number of pyridine rings is 3. The van der Waals surface area contributed by atoms with E-state index in [0.717, 1.165) is 57.9 Å². The molecule has 0 bridgehead atoms. The summed E-state index contributed by atoms with van der Waals surface area (Å²) in [6.07, 6.45) is 12.8. The maximum atomic E-state index is 13.2. The highest BCUT2D eigenvalue weighted by molar-refractivity contribution is 6.10. The molecule has 3 aromatic heterocycles. The summed E-state index contributed by atoms with van der Waals surface area (Å²) in [4.78, 5) is 41.9. The number of carbonyl (C=O) groups excluding carboxylic acids is 2. The van der Waals surface area contributed by atoms with E-state index in [1.165, 1.54) is 0 Å². The highest BCUT2D eigenvalue weighted by Crippen LogP contribution is 2.35. The van der Waals surface area contributed by atoms with Crippen LogP contribution < -0.4 is 9.80 Å². The molecule has 0 spiro atoms. The molecule has 2 aliphatic rings. The Morgan fingerprint density at radius 1 is 0.946 bits per heavy atom. The van der Waals surface area contributed by atoms with E-state index in [9.17, 15) is 9.59 Å². The van der Waals surface area contributed by atoms with Gasteiger partial charge in [-0.15, -0.1) is 0 Å². The number of likely N-dealkylation sites (N-methyl/N-ethyl adjacent to an activating group) is 1. The first kappa shape index (κ1) is 22.8. The van der Waals surface area contributed by atoms with Gasteiger partial charge in [0.15, 0.2) is 0 Å². The summed E-state index contributed by atoms with van der Waals surface area (Å²) in [6, 6.07) is 15.8. The number of nitrogens with zero attached hydrogens (tertiary/aromatic N) is 5. The highest BCUT2D eigenvalue weighted by Gasteiger charge is 2.25. The quantitative estimate of drug-likeness (QED) is 0.399. The molecule has 1 aliphatic carbocycles. The Labute approximate surface area is 215 Å². The number of rotatable bonds is 5. The average molecular weight is 488 g/mol. The Morgan fingerprint density at radius 3 is 2.54 bits per heavy atom. The van der Waals surface area contributed by atoms with Crippen molar-refractivity contribution in [1.82, 2.24) is 15.0 Å². The molecule has 1 fully saturated rings. The molecule has 6 rings (SSSR count). The van der Waals surface area contributed by atoms with E-state index < -0.39 is 0 Å². The fourth-order valence-electron chi connectivity index (χ4n) is 5.00. The summed E-state index contributed by atoms with van der Waals surface area (Å²) in [7, 11) is 1.76. The smallest absolute Gasteiger partial charge is 0.254 e. The molecule has 4 heterocycles. The van der Waals surface area contributed by atoms with Gasteiger partial charge >= 0.3 is 0 Å². The van der Waals surface area contributed by atoms with Gasteiger partial charge in [-0.3, -0.25) is 24.5 Å². The molecular formula is C30H25N5O2. The van der Waals surface area contributed by atoms with E-state index in [4.69, 9.17) is 0 Å². The monoisotopic (exact) mass is 487 g/mol. The van der Waals surface area contributed by atoms with Gasteiger partial charge < -0.3 is 9.80 Å². The van der Waals surface area contributed by atoms with Crippen molar-refractivity contribution in [3.05, 3.63) is 96.3 Å². The molecule has 1 saturated heterocycles. The van der Waals surface area contributed by atoms with Gasteiger partial charge in [-0.1, -0.05) is 12.1 Å². The van der Waals surface area contributed by atoms with E-state index in [2.05, 4.69) is 21.0 Å². The van der Waals surface area contributed by atoms with Gasteiger partial charge in [0, 0.05) is 79.2 Å². The number of benzene rings is 1. The largest absolute Gasteiger partial charge is 0.312 e. The molecule has 0 unspecified atom stereocenters. The minimum absolute atomic E-state index is 0.0691. The third kappa shape index (κ3) is 4.29. The van der Waals surface area contributed by atoms with Gasteiger partial charge in [0.1, 0.15) is 0 Å². The summed E-state index contributed by atoms with van der Waals surface area (Å²) in [5.74, 6) is 0.112. The molecule has 37 heavy (non-hydrogen) atoms. The molecule has 7 nitrogen and oxygen atoms in total. The molecule has 0 atom stereocenters. The Balaban J connectivity index is 1.29. The van der Waals surface area contributed by atoms with Crippen LogP contribution in [0.3, 0.4) is 0 Å². The number of hydrogen-bond acceptors (Lipinski definition) is 5. The molecule has 1 aromatic carbocycles. The lowest BCUT2D eigenvalue weighted by Crippen LogP contribution is -2.27. The zero-order valence-corrected chi connectivity index (χ0v) is 20.5. The first-order valence-electron chi connectivity index (χ1n) is 12.3. The van der Waals surface area contributed by atoms with Crippen molar-refractivity contribution in [2.45, 2.75) is 19.3 Å². The lowest BCUT2D eigenvalue weighted by molar-refractivity contribution is -0.117. The fraction of sp³-hybridized carbons (Fsp3) is 0.167. The first-order chi connectivity index (χ1) is 18.1. The van der Waals surface area contributed by atoms with Gasteiger partial charge in [-0.25, -0.2) is 0 Å². The number of aromatic nitrogens is 3. The zero-order valence-electron chi connectivity index (χ0n) is 20.5. The summed E-state index contributed by atoms with van der Waals surface area (Å²) in [5, 5.41) is 0. The van der Waals surface area contributed by atoms with Gasteiger partial charge in [0.05, 0.1) is 17.6 Å². The van der Waals surface area contributed by atoms with Crippen LogP contribution in [0.25, 0.3) is 28.3 Å². The van der Waals surface area contributed by atoms with Gasteiger partial charge in [-0.05, 0) is 60.0 Å². The van der Waals surface area contributed by atoms with E-state index in [1.54, 1.807) is 30.5 Å². The van der Waals surface area contributed by atoms with Crippen LogP contribution >= 0.6 is 0 Å². The minimum Gasteiger partial charge on any atom is -0.312 e. The van der Waals surface area contributed by atoms with Gasteiger partial charge in [0.2, 0.25) is 5.91 Å². The van der Waals surface area contributed by atoms with E-state index in [-0.39, 0.29) is 11.8 Å². The van der Waals surface area contributed by atoms with Crippen molar-refractivity contribution < 1.29 is 9.59 Å². The van der Waals surface area contributed by atoms with Crippen LogP contribution in [-0.2, 0) is 16.0 Å². The third-order valence-electron chi connectivity index (χ3n) is 7.00. The molecule has 2 amide bonds. The number of anilines is 2. The topological polar surface area (TPSA) is 79.3 Å². The predicted octanol–water partition coefficient (Wildman–Crippen LogP) is 4.93. The molecule has 1 aliphatic heterocycles. The van der Waals surface area contributed by atoms with Crippen molar-refractivity contribution in [2.75, 3.05) is 23.4 Å². The van der Waals surface area contributed by atoms with Crippen LogP contribution in [-0.4, -0.2) is 40.4 Å². The normalized spacial score (nSPS) is 14.5. The number of fused-ring (bicyclic) bond motifs is 1. The Kier molecular flexibility index (Phi) is 5.81. The van der Waals surface area contributed by atoms with Crippen LogP contribution in [0, 0.1) is 0 Å². The third-order valence-corrected chi connectivity index (χ3v) is 7.00. The van der Waals surface area contributed by atoms with Crippen molar-refractivity contribution in [3.8, 4) is 22.3 Å². The number of amides is 2. The SMILES string of the molecule is CN(C(=O)C1=Cc2c(-c3cncc(-c4ccc(N5CCCC5=O)cc4)c3)ccnc2C1)c1cccnc1. The summed E-state index contributed by atoms with van der Waals surface area (Å²) in [5.41, 5.74) is 8.16. The Morgan fingerprint density at radius 2 is 1.78 bits per heavy atom. The first-order valence-corrected chi connectivity index (χ1v) is 12.3.